The summed E-state index contributed by atoms with van der Waals surface area (Å²) in [5, 5.41) is 7.12. The van der Waals surface area contributed by atoms with E-state index in [1.165, 1.54) is 0 Å². The van der Waals surface area contributed by atoms with Gasteiger partial charge in [-0.05, 0) is 30.6 Å². The molecule has 2 saturated heterocycles. The summed E-state index contributed by atoms with van der Waals surface area (Å²) in [6.07, 6.45) is 0. The summed E-state index contributed by atoms with van der Waals surface area (Å²) in [4.78, 5) is 14.8. The molecule has 0 aromatic heterocycles. The number of hydrogen-bond donors (Lipinski definition) is 2. The average Bonchev–Trinajstić information content (AvgIpc) is 2.55. The fourth-order valence-electron chi connectivity index (χ4n) is 3.31. The van der Waals surface area contributed by atoms with Crippen LogP contribution < -0.4 is 10.6 Å². The molecule has 1 aromatic rings. The van der Waals surface area contributed by atoms with Crippen LogP contribution in [0.3, 0.4) is 0 Å². The Morgan fingerprint density at radius 2 is 1.96 bits per heavy atom. The minimum atomic E-state index is 0. The van der Waals surface area contributed by atoms with Crippen LogP contribution in [-0.4, -0.2) is 56.7 Å². The molecule has 1 amide bonds. The Morgan fingerprint density at radius 1 is 1.31 bits per heavy atom. The molecule has 2 N–H and O–H groups in total. The lowest BCUT2D eigenvalue weighted by atomic mass is 9.88. The number of carbonyl (C=O) groups excluding carboxylic acids is 1. The van der Waals surface area contributed by atoms with Crippen LogP contribution in [0.5, 0.6) is 0 Å². The number of nitrogens with one attached hydrogen (secondary N) is 2. The largest absolute Gasteiger partial charge is 0.379 e. The highest BCUT2D eigenvalue weighted by Crippen LogP contribution is 2.28. The highest BCUT2D eigenvalue weighted by atomic mass is 35.5. The first kappa shape index (κ1) is 23.5. The predicted molar refractivity (Wildman–Crippen MR) is 110 cm³/mol. The third-order valence-electron chi connectivity index (χ3n) is 5.15. The van der Waals surface area contributed by atoms with Crippen molar-refractivity contribution in [3.8, 4) is 0 Å². The van der Waals surface area contributed by atoms with Crippen LogP contribution in [0.4, 0.5) is 0 Å². The van der Waals surface area contributed by atoms with Gasteiger partial charge < -0.3 is 15.4 Å². The van der Waals surface area contributed by atoms with Crippen molar-refractivity contribution in [1.82, 2.24) is 15.5 Å². The number of nitrogens with zero attached hydrogens (tertiary/aromatic N) is 1. The zero-order valence-corrected chi connectivity index (χ0v) is 17.3. The molecular weight excluding hydrogens is 397 g/mol. The molecule has 2 aliphatic rings. The van der Waals surface area contributed by atoms with E-state index in [9.17, 15) is 4.79 Å². The summed E-state index contributed by atoms with van der Waals surface area (Å²) in [6, 6.07) is 7.98. The van der Waals surface area contributed by atoms with Gasteiger partial charge in [-0.1, -0.05) is 36.7 Å². The molecule has 2 atom stereocenters. The molecular formula is C18H28Cl3N3O2. The molecule has 3 rings (SSSR count). The fraction of sp³-hybridized carbons (Fsp3) is 0.611. The molecule has 0 saturated carbocycles. The maximum atomic E-state index is 12.5. The van der Waals surface area contributed by atoms with Crippen LogP contribution in [0.25, 0.3) is 0 Å². The summed E-state index contributed by atoms with van der Waals surface area (Å²) in [7, 11) is 0. The smallest absolute Gasteiger partial charge is 0.223 e. The fourth-order valence-corrected chi connectivity index (χ4v) is 3.57. The molecule has 0 radical (unpaired) electrons. The Bertz CT molecular complexity index is 566. The van der Waals surface area contributed by atoms with Crippen LogP contribution in [-0.2, 0) is 9.53 Å². The maximum Gasteiger partial charge on any atom is 0.223 e. The van der Waals surface area contributed by atoms with Crippen molar-refractivity contribution in [3.63, 3.8) is 0 Å². The topological polar surface area (TPSA) is 53.6 Å². The Balaban J connectivity index is 0.00000169. The maximum absolute atomic E-state index is 12.5. The molecule has 8 heteroatoms. The zero-order valence-electron chi connectivity index (χ0n) is 14.9. The molecule has 2 unspecified atom stereocenters. The number of hydrogen-bond acceptors (Lipinski definition) is 4. The molecule has 0 aliphatic carbocycles. The van der Waals surface area contributed by atoms with Gasteiger partial charge in [-0.3, -0.25) is 9.69 Å². The SMILES string of the molecule is CC(C(=O)NCC(c1ccccc1Cl)N1CCOCC1)C1CNC1.Cl.Cl. The molecule has 5 nitrogen and oxygen atoms in total. The minimum absolute atomic E-state index is 0. The molecule has 2 heterocycles. The quantitative estimate of drug-likeness (QED) is 0.737. The highest BCUT2D eigenvalue weighted by molar-refractivity contribution is 6.31. The molecule has 0 bridgehead atoms. The normalized spacial score (nSPS) is 20.1. The second kappa shape index (κ2) is 11.3. The summed E-state index contributed by atoms with van der Waals surface area (Å²) < 4.78 is 5.46. The molecule has 0 spiro atoms. The van der Waals surface area contributed by atoms with Gasteiger partial charge in [-0.15, -0.1) is 24.8 Å². The van der Waals surface area contributed by atoms with Crippen molar-refractivity contribution >= 4 is 42.3 Å². The Hall–Kier alpha value is -0.560. The number of ether oxygens (including phenoxy) is 1. The van der Waals surface area contributed by atoms with E-state index in [0.717, 1.165) is 50.0 Å². The predicted octanol–water partition coefficient (Wildman–Crippen LogP) is 2.53. The summed E-state index contributed by atoms with van der Waals surface area (Å²) in [6.45, 7) is 7.62. The number of halogens is 3. The first-order valence-electron chi connectivity index (χ1n) is 8.71. The molecule has 26 heavy (non-hydrogen) atoms. The van der Waals surface area contributed by atoms with Crippen molar-refractivity contribution in [3.05, 3.63) is 34.9 Å². The summed E-state index contributed by atoms with van der Waals surface area (Å²) in [5.74, 6) is 0.627. The molecule has 148 valence electrons. The van der Waals surface area contributed by atoms with Crippen LogP contribution in [0.15, 0.2) is 24.3 Å². The van der Waals surface area contributed by atoms with E-state index in [1.807, 2.05) is 31.2 Å². The van der Waals surface area contributed by atoms with Gasteiger partial charge in [0.05, 0.1) is 19.3 Å². The van der Waals surface area contributed by atoms with Crippen molar-refractivity contribution in [2.24, 2.45) is 11.8 Å². The van der Waals surface area contributed by atoms with Crippen LogP contribution in [0, 0.1) is 11.8 Å². The number of carbonyl (C=O) groups is 1. The standard InChI is InChI=1S/C18H26ClN3O2.2ClH/c1-13(14-10-20-11-14)18(23)21-12-17(22-6-8-24-9-7-22)15-4-2-3-5-16(15)19;;/h2-5,13-14,17,20H,6-12H2,1H3,(H,21,23);2*1H. The van der Waals surface area contributed by atoms with E-state index in [0.29, 0.717) is 12.5 Å². The van der Waals surface area contributed by atoms with Crippen molar-refractivity contribution < 1.29 is 9.53 Å². The molecule has 2 fully saturated rings. The number of rotatable bonds is 6. The van der Waals surface area contributed by atoms with Gasteiger partial charge in [0.25, 0.3) is 0 Å². The van der Waals surface area contributed by atoms with E-state index in [4.69, 9.17) is 16.3 Å². The van der Waals surface area contributed by atoms with Gasteiger partial charge in [0, 0.05) is 30.6 Å². The van der Waals surface area contributed by atoms with Gasteiger partial charge in [-0.2, -0.15) is 0 Å². The Morgan fingerprint density at radius 3 is 2.54 bits per heavy atom. The van der Waals surface area contributed by atoms with E-state index >= 15 is 0 Å². The monoisotopic (exact) mass is 423 g/mol. The minimum Gasteiger partial charge on any atom is -0.379 e. The summed E-state index contributed by atoms with van der Waals surface area (Å²) >= 11 is 6.42. The zero-order chi connectivity index (χ0) is 16.9. The number of amides is 1. The van der Waals surface area contributed by atoms with Crippen LogP contribution >= 0.6 is 36.4 Å². The second-order valence-electron chi connectivity index (χ2n) is 6.64. The van der Waals surface area contributed by atoms with Gasteiger partial charge in [0.2, 0.25) is 5.91 Å². The lowest BCUT2D eigenvalue weighted by Crippen LogP contribution is -2.51. The van der Waals surface area contributed by atoms with Crippen molar-refractivity contribution in [2.45, 2.75) is 13.0 Å². The third-order valence-corrected chi connectivity index (χ3v) is 5.50. The van der Waals surface area contributed by atoms with Crippen LogP contribution in [0.1, 0.15) is 18.5 Å². The molecule has 1 aromatic carbocycles. The van der Waals surface area contributed by atoms with Gasteiger partial charge in [0.1, 0.15) is 0 Å². The van der Waals surface area contributed by atoms with Gasteiger partial charge in [0.15, 0.2) is 0 Å². The van der Waals surface area contributed by atoms with E-state index < -0.39 is 0 Å². The molecule has 2 aliphatic heterocycles. The first-order chi connectivity index (χ1) is 11.7. The van der Waals surface area contributed by atoms with Crippen molar-refractivity contribution in [1.29, 1.82) is 0 Å². The van der Waals surface area contributed by atoms with Crippen molar-refractivity contribution in [2.75, 3.05) is 45.9 Å². The first-order valence-corrected chi connectivity index (χ1v) is 9.09. The second-order valence-corrected chi connectivity index (χ2v) is 7.05. The van der Waals surface area contributed by atoms with E-state index in [2.05, 4.69) is 15.5 Å². The number of morpholine rings is 1. The highest BCUT2D eigenvalue weighted by Gasteiger charge is 2.30. The van der Waals surface area contributed by atoms with E-state index in [-0.39, 0.29) is 42.7 Å². The van der Waals surface area contributed by atoms with Crippen LogP contribution in [0.2, 0.25) is 5.02 Å². The lowest BCUT2D eigenvalue weighted by molar-refractivity contribution is -0.127. The van der Waals surface area contributed by atoms with E-state index in [1.54, 1.807) is 0 Å². The average molecular weight is 425 g/mol. The number of benzene rings is 1. The lowest BCUT2D eigenvalue weighted by Gasteiger charge is -2.36. The van der Waals surface area contributed by atoms with Gasteiger partial charge >= 0.3 is 0 Å². The summed E-state index contributed by atoms with van der Waals surface area (Å²) in [5.41, 5.74) is 1.07. The van der Waals surface area contributed by atoms with Gasteiger partial charge in [-0.25, -0.2) is 0 Å². The Kier molecular flexibility index (Phi) is 10.2. The Labute approximate surface area is 173 Å². The third kappa shape index (κ3) is 5.72.